The molecule has 0 radical (unpaired) electrons. The first-order valence-corrected chi connectivity index (χ1v) is 25.8. The molecule has 1 amide bonds. The SMILES string of the molecule is CCCCCCCCC(NC(=O)c1ccc(N2CCN(CC3=C(c4ccc(Cl)cc4)CC(C)(C)CC3)CC2)cc1Oc1cccc2[nH]ncc12)c1cnc(OCC2CCC(C)(O)CC2)c(C(F)(F)F)c1. The maximum atomic E-state index is 14.8. The van der Waals surface area contributed by atoms with E-state index in [1.165, 1.54) is 22.9 Å². The number of ether oxygens (including phenoxy) is 2. The van der Waals surface area contributed by atoms with Gasteiger partial charge in [0.15, 0.2) is 0 Å². The molecule has 10 nitrogen and oxygen atoms in total. The predicted molar refractivity (Wildman–Crippen MR) is 273 cm³/mol. The number of carbonyl (C=O) groups is 1. The van der Waals surface area contributed by atoms with Crippen LogP contribution in [0.4, 0.5) is 18.9 Å². The summed E-state index contributed by atoms with van der Waals surface area (Å²) in [6, 6.07) is 19.7. The van der Waals surface area contributed by atoms with Crippen molar-refractivity contribution in [2.45, 2.75) is 135 Å². The van der Waals surface area contributed by atoms with E-state index in [1.807, 2.05) is 42.5 Å². The number of piperazine rings is 1. The fourth-order valence-corrected chi connectivity index (χ4v) is 10.5. The first-order chi connectivity index (χ1) is 33.5. The van der Waals surface area contributed by atoms with Crippen molar-refractivity contribution in [3.8, 4) is 17.4 Å². The number of alkyl halides is 3. The van der Waals surface area contributed by atoms with Gasteiger partial charge in [-0.3, -0.25) is 14.8 Å². The molecule has 8 rings (SSSR count). The summed E-state index contributed by atoms with van der Waals surface area (Å²) in [7, 11) is 0. The van der Waals surface area contributed by atoms with E-state index < -0.39 is 35.2 Å². The number of hydrogen-bond acceptors (Lipinski definition) is 8. The Morgan fingerprint density at radius 3 is 2.41 bits per heavy atom. The number of pyridine rings is 1. The highest BCUT2D eigenvalue weighted by atomic mass is 35.5. The first-order valence-electron chi connectivity index (χ1n) is 25.5. The fourth-order valence-electron chi connectivity index (χ4n) is 10.4. The molecule has 1 unspecified atom stereocenters. The van der Waals surface area contributed by atoms with Gasteiger partial charge in [-0.05, 0) is 129 Å². The van der Waals surface area contributed by atoms with Gasteiger partial charge in [0.05, 0.1) is 40.9 Å². The van der Waals surface area contributed by atoms with Crippen LogP contribution in [0.2, 0.25) is 5.02 Å². The van der Waals surface area contributed by atoms with Crippen molar-refractivity contribution in [2.24, 2.45) is 11.3 Å². The van der Waals surface area contributed by atoms with Crippen LogP contribution in [-0.2, 0) is 6.18 Å². The van der Waals surface area contributed by atoms with Gasteiger partial charge in [0.2, 0.25) is 5.88 Å². The second-order valence-electron chi connectivity index (χ2n) is 21.0. The Morgan fingerprint density at radius 1 is 0.929 bits per heavy atom. The van der Waals surface area contributed by atoms with Crippen LogP contribution < -0.4 is 19.7 Å². The number of unbranched alkanes of at least 4 members (excludes halogenated alkanes) is 5. The number of aromatic amines is 1. The lowest BCUT2D eigenvalue weighted by molar-refractivity contribution is -0.139. The van der Waals surface area contributed by atoms with E-state index in [-0.39, 0.29) is 29.1 Å². The summed E-state index contributed by atoms with van der Waals surface area (Å²) < 4.78 is 56.9. The highest BCUT2D eigenvalue weighted by Crippen LogP contribution is 2.44. The number of fused-ring (bicyclic) bond motifs is 1. The second-order valence-corrected chi connectivity index (χ2v) is 21.5. The summed E-state index contributed by atoms with van der Waals surface area (Å²) in [6.07, 6.45) is 10.3. The van der Waals surface area contributed by atoms with Crippen LogP contribution in [0.15, 0.2) is 84.7 Å². The molecule has 2 aromatic heterocycles. The quantitative estimate of drug-likeness (QED) is 0.0701. The summed E-state index contributed by atoms with van der Waals surface area (Å²) in [5, 5.41) is 22.2. The summed E-state index contributed by atoms with van der Waals surface area (Å²) in [5.41, 5.74) is 4.85. The fraction of sp³-hybridized carbons (Fsp3) is 0.518. The van der Waals surface area contributed by atoms with E-state index >= 15 is 0 Å². The normalized spacial score (nSPS) is 20.4. The molecule has 3 heterocycles. The van der Waals surface area contributed by atoms with Gasteiger partial charge in [0, 0.05) is 55.7 Å². The Balaban J connectivity index is 1.03. The highest BCUT2D eigenvalue weighted by Gasteiger charge is 2.38. The molecule has 70 heavy (non-hydrogen) atoms. The minimum atomic E-state index is -4.75. The molecule has 376 valence electrons. The maximum absolute atomic E-state index is 14.8. The number of halogens is 4. The molecule has 5 aromatic rings. The largest absolute Gasteiger partial charge is 0.477 e. The van der Waals surface area contributed by atoms with E-state index in [0.717, 1.165) is 112 Å². The standard InChI is InChI=1S/C56H70ClF3N6O4/c1-5-6-7-8-9-10-12-48(41-31-47(56(58,59)60)53(61-34-41)69-37-38-21-25-55(4,68)26-22-38)63-52(67)44-20-19-43(32-51(44)70-50-14-11-13-49-46(50)35-62-64-49)66-29-27-65(28-30-66)36-40-23-24-54(2,3)33-45(40)39-15-17-42(57)18-16-39/h11,13-20,31-32,34-35,38,48,68H,5-10,12,21-30,33,36-37H2,1-4H3,(H,62,64)(H,63,67). The number of nitrogens with one attached hydrogen (secondary N) is 2. The number of rotatable bonds is 19. The molecule has 0 bridgehead atoms. The number of aliphatic hydroxyl groups is 1. The molecule has 1 atom stereocenters. The summed E-state index contributed by atoms with van der Waals surface area (Å²) in [5.74, 6) is -0.0863. The number of amides is 1. The smallest absolute Gasteiger partial charge is 0.421 e. The van der Waals surface area contributed by atoms with Crippen molar-refractivity contribution in [1.82, 2.24) is 25.4 Å². The number of anilines is 1. The Kier molecular flexibility index (Phi) is 16.5. The third-order valence-electron chi connectivity index (χ3n) is 14.8. The van der Waals surface area contributed by atoms with E-state index in [2.05, 4.69) is 63.2 Å². The molecule has 3 aliphatic rings. The summed E-state index contributed by atoms with van der Waals surface area (Å²) in [6.45, 7) is 12.9. The van der Waals surface area contributed by atoms with Crippen molar-refractivity contribution >= 4 is 39.7 Å². The number of allylic oxidation sites excluding steroid dienone is 1. The van der Waals surface area contributed by atoms with Gasteiger partial charge in [-0.15, -0.1) is 0 Å². The zero-order valence-corrected chi connectivity index (χ0v) is 42.0. The molecule has 0 spiro atoms. The van der Waals surface area contributed by atoms with Gasteiger partial charge in [-0.2, -0.15) is 18.3 Å². The van der Waals surface area contributed by atoms with Gasteiger partial charge in [0.25, 0.3) is 5.91 Å². The van der Waals surface area contributed by atoms with Crippen LogP contribution in [0.25, 0.3) is 16.5 Å². The van der Waals surface area contributed by atoms with E-state index in [9.17, 15) is 23.1 Å². The summed E-state index contributed by atoms with van der Waals surface area (Å²) >= 11 is 6.28. The first kappa shape index (κ1) is 51.3. The van der Waals surface area contributed by atoms with Crippen molar-refractivity contribution in [3.63, 3.8) is 0 Å². The van der Waals surface area contributed by atoms with Crippen molar-refractivity contribution in [1.29, 1.82) is 0 Å². The molecule has 14 heteroatoms. The Labute approximate surface area is 416 Å². The van der Waals surface area contributed by atoms with Crippen LogP contribution in [0, 0.1) is 11.3 Å². The Hall–Kier alpha value is -5.11. The van der Waals surface area contributed by atoms with Crippen molar-refractivity contribution in [2.75, 3.05) is 44.2 Å². The van der Waals surface area contributed by atoms with E-state index in [4.69, 9.17) is 21.1 Å². The molecule has 3 aromatic carbocycles. The maximum Gasteiger partial charge on any atom is 0.421 e. The van der Waals surface area contributed by atoms with Gasteiger partial charge < -0.3 is 24.8 Å². The van der Waals surface area contributed by atoms with Gasteiger partial charge >= 0.3 is 6.18 Å². The summed E-state index contributed by atoms with van der Waals surface area (Å²) in [4.78, 5) is 23.8. The number of H-pyrrole nitrogens is 1. The molecular weight excluding hydrogens is 913 g/mol. The second kappa shape index (κ2) is 22.5. The third-order valence-corrected chi connectivity index (χ3v) is 15.0. The van der Waals surface area contributed by atoms with Crippen molar-refractivity contribution < 1.29 is 32.5 Å². The molecule has 2 aliphatic carbocycles. The van der Waals surface area contributed by atoms with Gasteiger partial charge in [-0.1, -0.05) is 94.7 Å². The van der Waals surface area contributed by atoms with Crippen LogP contribution in [0.5, 0.6) is 17.4 Å². The van der Waals surface area contributed by atoms with E-state index in [0.29, 0.717) is 50.0 Å². The zero-order chi connectivity index (χ0) is 49.5. The van der Waals surface area contributed by atoms with Crippen LogP contribution in [-0.4, -0.2) is 76.0 Å². The Morgan fingerprint density at radius 2 is 1.67 bits per heavy atom. The monoisotopic (exact) mass is 983 g/mol. The number of aromatic nitrogens is 3. The lowest BCUT2D eigenvalue weighted by Crippen LogP contribution is -2.47. The average molecular weight is 984 g/mol. The average Bonchev–Trinajstić information content (AvgIpc) is 3.83. The highest BCUT2D eigenvalue weighted by molar-refractivity contribution is 6.30. The van der Waals surface area contributed by atoms with E-state index in [1.54, 1.807) is 19.2 Å². The molecule has 3 N–H and O–H groups in total. The topological polar surface area (TPSA) is 116 Å². The lowest BCUT2D eigenvalue weighted by Gasteiger charge is -2.39. The molecule has 1 aliphatic heterocycles. The van der Waals surface area contributed by atoms with Gasteiger partial charge in [-0.25, -0.2) is 4.98 Å². The van der Waals surface area contributed by atoms with Crippen LogP contribution in [0.3, 0.4) is 0 Å². The van der Waals surface area contributed by atoms with Crippen LogP contribution >= 0.6 is 11.6 Å². The Bertz CT molecular complexity index is 2580. The predicted octanol–water partition coefficient (Wildman–Crippen LogP) is 13.7. The van der Waals surface area contributed by atoms with Gasteiger partial charge in [0.1, 0.15) is 17.1 Å². The zero-order valence-electron chi connectivity index (χ0n) is 41.3. The third kappa shape index (κ3) is 13.2. The van der Waals surface area contributed by atoms with Crippen molar-refractivity contribution in [3.05, 3.63) is 112 Å². The molecule has 2 fully saturated rings. The number of nitrogens with zero attached hydrogens (tertiary/aromatic N) is 4. The molecule has 1 saturated carbocycles. The lowest BCUT2D eigenvalue weighted by atomic mass is 9.72. The number of carbonyl (C=O) groups excluding carboxylic acids is 1. The molecular formula is C56H70ClF3N6O4. The number of benzene rings is 3. The minimum Gasteiger partial charge on any atom is -0.477 e. The van der Waals surface area contributed by atoms with Crippen LogP contribution in [0.1, 0.15) is 151 Å². The molecule has 1 saturated heterocycles. The minimum absolute atomic E-state index is 0.0161. The number of hydrogen-bond donors (Lipinski definition) is 3.